The average molecular weight is 442 g/mol. The van der Waals surface area contributed by atoms with Crippen molar-refractivity contribution in [2.75, 3.05) is 19.6 Å². The summed E-state index contributed by atoms with van der Waals surface area (Å²) in [7, 11) is 1.99. The second-order valence-corrected chi connectivity index (χ2v) is 7.68. The molecule has 0 aromatic carbocycles. The molecule has 1 atom stereocenters. The van der Waals surface area contributed by atoms with Crippen LogP contribution in [0.2, 0.25) is 0 Å². The molecule has 31 heavy (non-hydrogen) atoms. The number of rotatable bonds is 3. The van der Waals surface area contributed by atoms with E-state index in [1.807, 2.05) is 35.0 Å². The van der Waals surface area contributed by atoms with Crippen LogP contribution in [0.4, 0.5) is 13.2 Å². The Labute approximate surface area is 177 Å². The van der Waals surface area contributed by atoms with Gasteiger partial charge in [0.05, 0.1) is 36.4 Å². The molecular weight excluding hydrogens is 417 g/mol. The van der Waals surface area contributed by atoms with Gasteiger partial charge in [0.1, 0.15) is 5.76 Å². The number of amides is 1. The maximum Gasteiger partial charge on any atom is 0.490 e. The van der Waals surface area contributed by atoms with Gasteiger partial charge >= 0.3 is 12.1 Å². The van der Waals surface area contributed by atoms with Gasteiger partial charge in [-0.2, -0.15) is 13.2 Å². The Morgan fingerprint density at radius 2 is 1.94 bits per heavy atom. The maximum atomic E-state index is 13.1. The van der Waals surface area contributed by atoms with E-state index in [0.717, 1.165) is 56.2 Å². The van der Waals surface area contributed by atoms with Crippen molar-refractivity contribution in [1.82, 2.24) is 19.4 Å². The first-order valence-electron chi connectivity index (χ1n) is 10.0. The minimum absolute atomic E-state index is 0.130. The van der Waals surface area contributed by atoms with Crippen LogP contribution in [0.3, 0.4) is 0 Å². The molecular formula is C20H25F3N4O4. The van der Waals surface area contributed by atoms with Gasteiger partial charge in [-0.3, -0.25) is 9.69 Å². The van der Waals surface area contributed by atoms with Crippen LogP contribution in [-0.2, 0) is 29.7 Å². The summed E-state index contributed by atoms with van der Waals surface area (Å²) in [5, 5.41) is 7.12. The zero-order chi connectivity index (χ0) is 22.6. The molecule has 170 valence electrons. The monoisotopic (exact) mass is 442 g/mol. The summed E-state index contributed by atoms with van der Waals surface area (Å²) in [5.74, 6) is -1.70. The van der Waals surface area contributed by atoms with E-state index < -0.39 is 12.1 Å². The number of piperidine rings is 1. The van der Waals surface area contributed by atoms with Gasteiger partial charge in [0.2, 0.25) is 5.91 Å². The van der Waals surface area contributed by atoms with Gasteiger partial charge in [-0.25, -0.2) is 9.78 Å². The minimum Gasteiger partial charge on any atom is -0.475 e. The Balaban J connectivity index is 0.000000339. The Hall–Kier alpha value is -2.82. The third kappa shape index (κ3) is 5.66. The second-order valence-electron chi connectivity index (χ2n) is 7.68. The van der Waals surface area contributed by atoms with E-state index in [2.05, 4.69) is 9.88 Å². The first-order chi connectivity index (χ1) is 14.7. The fraction of sp³-hybridized carbons (Fsp3) is 0.550. The topological polar surface area (TPSA) is 91.8 Å². The van der Waals surface area contributed by atoms with Crippen LogP contribution < -0.4 is 0 Å². The van der Waals surface area contributed by atoms with Crippen LogP contribution in [0.25, 0.3) is 0 Å². The van der Waals surface area contributed by atoms with Gasteiger partial charge in [-0.05, 0) is 31.4 Å². The van der Waals surface area contributed by atoms with Crippen molar-refractivity contribution in [3.05, 3.63) is 41.9 Å². The van der Waals surface area contributed by atoms with E-state index in [1.165, 1.54) is 6.42 Å². The molecule has 1 fully saturated rings. The van der Waals surface area contributed by atoms with E-state index in [1.54, 1.807) is 6.26 Å². The number of carbonyl (C=O) groups is 2. The summed E-state index contributed by atoms with van der Waals surface area (Å²) < 4.78 is 39.2. The highest BCUT2D eigenvalue weighted by Gasteiger charge is 2.38. The quantitative estimate of drug-likeness (QED) is 0.786. The SMILES string of the molecule is Cn1cnc2c1C(C(=O)N1CCCCC1)CN(Cc1ccco1)C2.O=C(O)C(F)(F)F. The average Bonchev–Trinajstić information content (AvgIpc) is 3.37. The van der Waals surface area contributed by atoms with Gasteiger partial charge in [0.25, 0.3) is 0 Å². The van der Waals surface area contributed by atoms with Crippen molar-refractivity contribution in [1.29, 1.82) is 0 Å². The van der Waals surface area contributed by atoms with Gasteiger partial charge < -0.3 is 19.0 Å². The van der Waals surface area contributed by atoms with Gasteiger partial charge in [0, 0.05) is 33.2 Å². The van der Waals surface area contributed by atoms with Crippen LogP contribution in [0.15, 0.2) is 29.1 Å². The Bertz CT molecular complexity index is 889. The molecule has 0 spiro atoms. The number of furan rings is 1. The standard InChI is InChI=1S/C18H24N4O2.C2HF3O2/c1-20-13-19-16-12-21(10-14-6-5-9-24-14)11-15(17(16)20)18(23)22-7-3-2-4-8-22;3-2(4,5)1(6)7/h5-6,9,13,15H,2-4,7-8,10-12H2,1H3;(H,6,7). The zero-order valence-electron chi connectivity index (χ0n) is 17.1. The summed E-state index contributed by atoms with van der Waals surface area (Å²) >= 11 is 0. The molecule has 8 nitrogen and oxygen atoms in total. The zero-order valence-corrected chi connectivity index (χ0v) is 17.1. The molecule has 1 unspecified atom stereocenters. The number of fused-ring (bicyclic) bond motifs is 1. The predicted octanol–water partition coefficient (Wildman–Crippen LogP) is 2.76. The summed E-state index contributed by atoms with van der Waals surface area (Å²) in [6.07, 6.45) is 1.91. The van der Waals surface area contributed by atoms with E-state index >= 15 is 0 Å². The Morgan fingerprint density at radius 1 is 1.26 bits per heavy atom. The molecule has 11 heteroatoms. The third-order valence-electron chi connectivity index (χ3n) is 5.37. The lowest BCUT2D eigenvalue weighted by atomic mass is 9.95. The van der Waals surface area contributed by atoms with E-state index in [0.29, 0.717) is 6.54 Å². The highest BCUT2D eigenvalue weighted by molar-refractivity contribution is 5.84. The summed E-state index contributed by atoms with van der Waals surface area (Å²) in [4.78, 5) is 30.9. The summed E-state index contributed by atoms with van der Waals surface area (Å²) in [6.45, 7) is 3.98. The van der Waals surface area contributed by atoms with Crippen molar-refractivity contribution in [2.24, 2.45) is 7.05 Å². The lowest BCUT2D eigenvalue weighted by molar-refractivity contribution is -0.192. The number of hydrogen-bond acceptors (Lipinski definition) is 5. The molecule has 1 N–H and O–H groups in total. The molecule has 0 radical (unpaired) electrons. The Kier molecular flexibility index (Phi) is 7.04. The van der Waals surface area contributed by atoms with E-state index in [-0.39, 0.29) is 11.8 Å². The number of carboxylic acid groups (broad SMARTS) is 1. The largest absolute Gasteiger partial charge is 0.490 e. The highest BCUT2D eigenvalue weighted by Crippen LogP contribution is 2.30. The third-order valence-corrected chi connectivity index (χ3v) is 5.37. The number of nitrogens with zero attached hydrogens (tertiary/aromatic N) is 4. The summed E-state index contributed by atoms with van der Waals surface area (Å²) in [5.41, 5.74) is 2.10. The van der Waals surface area contributed by atoms with Gasteiger partial charge in [0.15, 0.2) is 0 Å². The number of likely N-dealkylation sites (tertiary alicyclic amines) is 1. The molecule has 2 aliphatic heterocycles. The molecule has 2 aromatic heterocycles. The van der Waals surface area contributed by atoms with Crippen molar-refractivity contribution in [3.8, 4) is 0 Å². The molecule has 1 amide bonds. The first-order valence-corrected chi connectivity index (χ1v) is 10.0. The normalized spacial score (nSPS) is 19.4. The molecule has 1 saturated heterocycles. The van der Waals surface area contributed by atoms with Crippen LogP contribution >= 0.6 is 0 Å². The number of hydrogen-bond donors (Lipinski definition) is 1. The summed E-state index contributed by atoms with van der Waals surface area (Å²) in [6, 6.07) is 3.89. The molecule has 0 bridgehead atoms. The lowest BCUT2D eigenvalue weighted by Gasteiger charge is -2.36. The fourth-order valence-corrected chi connectivity index (χ4v) is 3.95. The number of aromatic nitrogens is 2. The number of aryl methyl sites for hydroxylation is 1. The first kappa shape index (κ1) is 22.9. The number of carbonyl (C=O) groups excluding carboxylic acids is 1. The van der Waals surface area contributed by atoms with Crippen LogP contribution in [-0.4, -0.2) is 62.1 Å². The number of carboxylic acids is 1. The van der Waals surface area contributed by atoms with Crippen LogP contribution in [0.5, 0.6) is 0 Å². The smallest absolute Gasteiger partial charge is 0.475 e. The molecule has 2 aromatic rings. The number of halogens is 3. The van der Waals surface area contributed by atoms with Crippen molar-refractivity contribution < 1.29 is 32.3 Å². The fourth-order valence-electron chi connectivity index (χ4n) is 3.95. The predicted molar refractivity (Wildman–Crippen MR) is 103 cm³/mol. The van der Waals surface area contributed by atoms with Crippen molar-refractivity contribution in [3.63, 3.8) is 0 Å². The number of aliphatic carboxylic acids is 1. The molecule has 4 rings (SSSR count). The molecule has 4 heterocycles. The number of imidazole rings is 1. The van der Waals surface area contributed by atoms with E-state index in [4.69, 9.17) is 14.3 Å². The maximum absolute atomic E-state index is 13.1. The van der Waals surface area contributed by atoms with Crippen molar-refractivity contribution >= 4 is 11.9 Å². The van der Waals surface area contributed by atoms with Crippen molar-refractivity contribution in [2.45, 2.75) is 44.4 Å². The second kappa shape index (κ2) is 9.54. The molecule has 2 aliphatic rings. The highest BCUT2D eigenvalue weighted by atomic mass is 19.4. The van der Waals surface area contributed by atoms with Crippen LogP contribution in [0, 0.1) is 0 Å². The van der Waals surface area contributed by atoms with E-state index in [9.17, 15) is 18.0 Å². The molecule has 0 aliphatic carbocycles. The van der Waals surface area contributed by atoms with Crippen LogP contribution in [0.1, 0.15) is 42.3 Å². The Morgan fingerprint density at radius 3 is 2.52 bits per heavy atom. The minimum atomic E-state index is -5.08. The lowest BCUT2D eigenvalue weighted by Crippen LogP contribution is -2.45. The van der Waals surface area contributed by atoms with Gasteiger partial charge in [-0.15, -0.1) is 0 Å². The van der Waals surface area contributed by atoms with Gasteiger partial charge in [-0.1, -0.05) is 0 Å². The number of alkyl halides is 3. The molecule has 0 saturated carbocycles.